The molecule has 1 aliphatic heterocycles. The second-order valence-electron chi connectivity index (χ2n) is 6.13. The third kappa shape index (κ3) is 5.49. The Balaban J connectivity index is 2.36. The van der Waals surface area contributed by atoms with E-state index in [4.69, 9.17) is 5.73 Å². The Bertz CT molecular complexity index is 262. The molecule has 2 unspecified atom stereocenters. The van der Waals surface area contributed by atoms with Crippen LogP contribution in [0.2, 0.25) is 0 Å². The van der Waals surface area contributed by atoms with Crippen molar-refractivity contribution >= 4 is 5.91 Å². The van der Waals surface area contributed by atoms with Crippen molar-refractivity contribution < 1.29 is 4.79 Å². The lowest BCUT2D eigenvalue weighted by atomic mass is 10.0. The number of carbonyl (C=O) groups is 1. The molecule has 1 fully saturated rings. The van der Waals surface area contributed by atoms with E-state index in [1.54, 1.807) is 0 Å². The highest BCUT2D eigenvalue weighted by atomic mass is 16.1. The van der Waals surface area contributed by atoms with E-state index < -0.39 is 0 Å². The molecule has 1 amide bonds. The largest absolute Gasteiger partial charge is 0.354 e. The predicted molar refractivity (Wildman–Crippen MR) is 79.9 cm³/mol. The van der Waals surface area contributed by atoms with Crippen molar-refractivity contribution in [2.24, 2.45) is 17.6 Å². The van der Waals surface area contributed by atoms with Crippen LogP contribution in [0, 0.1) is 11.8 Å². The van der Waals surface area contributed by atoms with Crippen LogP contribution >= 0.6 is 0 Å². The van der Waals surface area contributed by atoms with Gasteiger partial charge in [-0.2, -0.15) is 0 Å². The zero-order valence-corrected chi connectivity index (χ0v) is 12.8. The van der Waals surface area contributed by atoms with E-state index >= 15 is 0 Å². The van der Waals surface area contributed by atoms with Gasteiger partial charge in [-0.15, -0.1) is 0 Å². The Labute approximate surface area is 118 Å². The molecule has 0 aromatic rings. The first-order valence-electron chi connectivity index (χ1n) is 7.78. The molecule has 19 heavy (non-hydrogen) atoms. The summed E-state index contributed by atoms with van der Waals surface area (Å²) in [5.41, 5.74) is 5.48. The van der Waals surface area contributed by atoms with Gasteiger partial charge in [0.1, 0.15) is 0 Å². The van der Waals surface area contributed by atoms with Crippen LogP contribution in [0.1, 0.15) is 46.5 Å². The lowest BCUT2D eigenvalue weighted by Crippen LogP contribution is -2.46. The molecule has 1 rings (SSSR count). The molecule has 0 radical (unpaired) electrons. The Hall–Kier alpha value is -0.610. The van der Waals surface area contributed by atoms with E-state index in [0.717, 1.165) is 19.4 Å². The number of rotatable bonds is 8. The summed E-state index contributed by atoms with van der Waals surface area (Å²) >= 11 is 0. The summed E-state index contributed by atoms with van der Waals surface area (Å²) in [6, 6.07) is 0.480. The van der Waals surface area contributed by atoms with Crippen LogP contribution in [0.3, 0.4) is 0 Å². The van der Waals surface area contributed by atoms with Crippen molar-refractivity contribution in [2.75, 3.05) is 26.2 Å². The SMILES string of the molecule is CC(CCCN)C(=O)NCC(C(C)C)N1CCCC1. The standard InChI is InChI=1S/C15H31N3O/c1-12(2)14(18-9-4-5-10-18)11-17-15(19)13(3)7-6-8-16/h12-14H,4-11,16H2,1-3H3,(H,17,19). The first kappa shape index (κ1) is 16.4. The summed E-state index contributed by atoms with van der Waals surface area (Å²) in [6.07, 6.45) is 4.40. The quantitative estimate of drug-likeness (QED) is 0.703. The Morgan fingerprint density at radius 2 is 1.89 bits per heavy atom. The summed E-state index contributed by atoms with van der Waals surface area (Å²) < 4.78 is 0. The van der Waals surface area contributed by atoms with Crippen molar-refractivity contribution in [3.8, 4) is 0 Å². The normalized spacial score (nSPS) is 19.6. The molecule has 4 nitrogen and oxygen atoms in total. The number of nitrogens with zero attached hydrogens (tertiary/aromatic N) is 1. The second kappa shape index (κ2) is 8.54. The molecule has 0 aromatic heterocycles. The fraction of sp³-hybridized carbons (Fsp3) is 0.933. The number of likely N-dealkylation sites (tertiary alicyclic amines) is 1. The summed E-state index contributed by atoms with van der Waals surface area (Å²) in [7, 11) is 0. The third-order valence-electron chi connectivity index (χ3n) is 4.15. The van der Waals surface area contributed by atoms with Crippen molar-refractivity contribution in [2.45, 2.75) is 52.5 Å². The average Bonchev–Trinajstić information content (AvgIpc) is 2.89. The highest BCUT2D eigenvalue weighted by Gasteiger charge is 2.25. The number of carbonyl (C=O) groups excluding carboxylic acids is 1. The zero-order valence-electron chi connectivity index (χ0n) is 12.8. The van der Waals surface area contributed by atoms with Gasteiger partial charge in [-0.05, 0) is 51.2 Å². The highest BCUT2D eigenvalue weighted by molar-refractivity contribution is 5.78. The van der Waals surface area contributed by atoms with Crippen LogP contribution in [-0.4, -0.2) is 43.0 Å². The minimum absolute atomic E-state index is 0.0786. The third-order valence-corrected chi connectivity index (χ3v) is 4.15. The predicted octanol–water partition coefficient (Wildman–Crippen LogP) is 1.60. The minimum Gasteiger partial charge on any atom is -0.354 e. The van der Waals surface area contributed by atoms with Gasteiger partial charge < -0.3 is 11.1 Å². The Morgan fingerprint density at radius 1 is 1.26 bits per heavy atom. The molecule has 0 bridgehead atoms. The number of nitrogens with one attached hydrogen (secondary N) is 1. The molecule has 3 N–H and O–H groups in total. The molecule has 1 aliphatic rings. The topological polar surface area (TPSA) is 58.4 Å². The van der Waals surface area contributed by atoms with Gasteiger partial charge in [0, 0.05) is 18.5 Å². The minimum atomic E-state index is 0.0786. The fourth-order valence-electron chi connectivity index (χ4n) is 2.79. The van der Waals surface area contributed by atoms with Crippen molar-refractivity contribution in [3.63, 3.8) is 0 Å². The maximum atomic E-state index is 12.0. The summed E-state index contributed by atoms with van der Waals surface area (Å²) in [5, 5.41) is 3.13. The van der Waals surface area contributed by atoms with Gasteiger partial charge in [-0.3, -0.25) is 9.69 Å². The Morgan fingerprint density at radius 3 is 2.42 bits per heavy atom. The van der Waals surface area contributed by atoms with E-state index in [0.29, 0.717) is 18.5 Å². The lowest BCUT2D eigenvalue weighted by molar-refractivity contribution is -0.125. The van der Waals surface area contributed by atoms with Crippen LogP contribution in [-0.2, 0) is 4.79 Å². The molecule has 0 spiro atoms. The van der Waals surface area contributed by atoms with E-state index in [1.165, 1.54) is 25.9 Å². The molecule has 2 atom stereocenters. The maximum Gasteiger partial charge on any atom is 0.222 e. The van der Waals surface area contributed by atoms with Crippen LogP contribution in [0.5, 0.6) is 0 Å². The molecular formula is C15H31N3O. The van der Waals surface area contributed by atoms with Crippen LogP contribution in [0.4, 0.5) is 0 Å². The fourth-order valence-corrected chi connectivity index (χ4v) is 2.79. The van der Waals surface area contributed by atoms with Crippen molar-refractivity contribution in [3.05, 3.63) is 0 Å². The van der Waals surface area contributed by atoms with E-state index in [9.17, 15) is 4.79 Å². The lowest BCUT2D eigenvalue weighted by Gasteiger charge is -2.31. The van der Waals surface area contributed by atoms with Gasteiger partial charge in [0.25, 0.3) is 0 Å². The number of nitrogens with two attached hydrogens (primary N) is 1. The number of amides is 1. The Kier molecular flexibility index (Phi) is 7.39. The van der Waals surface area contributed by atoms with E-state index in [-0.39, 0.29) is 11.8 Å². The molecular weight excluding hydrogens is 238 g/mol. The maximum absolute atomic E-state index is 12.0. The summed E-state index contributed by atoms with van der Waals surface area (Å²) in [4.78, 5) is 14.5. The molecule has 112 valence electrons. The van der Waals surface area contributed by atoms with Crippen LogP contribution in [0.25, 0.3) is 0 Å². The van der Waals surface area contributed by atoms with Gasteiger partial charge in [0.05, 0.1) is 0 Å². The zero-order chi connectivity index (χ0) is 14.3. The van der Waals surface area contributed by atoms with Gasteiger partial charge in [-0.1, -0.05) is 20.8 Å². The number of hydrogen-bond donors (Lipinski definition) is 2. The molecule has 0 saturated carbocycles. The summed E-state index contributed by atoms with van der Waals surface area (Å²) in [6.45, 7) is 10.3. The van der Waals surface area contributed by atoms with Crippen LogP contribution < -0.4 is 11.1 Å². The first-order valence-corrected chi connectivity index (χ1v) is 7.78. The van der Waals surface area contributed by atoms with Crippen molar-refractivity contribution in [1.29, 1.82) is 0 Å². The smallest absolute Gasteiger partial charge is 0.222 e. The monoisotopic (exact) mass is 269 g/mol. The van der Waals surface area contributed by atoms with Crippen molar-refractivity contribution in [1.82, 2.24) is 10.2 Å². The van der Waals surface area contributed by atoms with E-state index in [1.807, 2.05) is 6.92 Å². The van der Waals surface area contributed by atoms with E-state index in [2.05, 4.69) is 24.1 Å². The van der Waals surface area contributed by atoms with Gasteiger partial charge in [0.15, 0.2) is 0 Å². The van der Waals surface area contributed by atoms with Gasteiger partial charge in [0.2, 0.25) is 5.91 Å². The number of hydrogen-bond acceptors (Lipinski definition) is 3. The summed E-state index contributed by atoms with van der Waals surface area (Å²) in [5.74, 6) is 0.839. The molecule has 0 aromatic carbocycles. The highest BCUT2D eigenvalue weighted by Crippen LogP contribution is 2.17. The second-order valence-corrected chi connectivity index (χ2v) is 6.13. The molecule has 4 heteroatoms. The average molecular weight is 269 g/mol. The van der Waals surface area contributed by atoms with Gasteiger partial charge in [-0.25, -0.2) is 0 Å². The van der Waals surface area contributed by atoms with Crippen LogP contribution in [0.15, 0.2) is 0 Å². The first-order chi connectivity index (χ1) is 9.06. The molecule has 1 saturated heterocycles. The molecule has 1 heterocycles. The van der Waals surface area contributed by atoms with Gasteiger partial charge >= 0.3 is 0 Å². The molecule has 0 aliphatic carbocycles.